The van der Waals surface area contributed by atoms with Crippen LogP contribution in [-0.4, -0.2) is 52.2 Å². The maximum atomic E-state index is 11.7. The van der Waals surface area contributed by atoms with Gasteiger partial charge in [-0.15, -0.1) is 0 Å². The summed E-state index contributed by atoms with van der Waals surface area (Å²) in [4.78, 5) is 20.6. The molecule has 0 unspecified atom stereocenters. The van der Waals surface area contributed by atoms with Crippen molar-refractivity contribution < 1.29 is 9.53 Å². The van der Waals surface area contributed by atoms with Gasteiger partial charge in [-0.3, -0.25) is 14.7 Å². The number of carbonyl (C=O) groups excluding carboxylic acids is 1. The summed E-state index contributed by atoms with van der Waals surface area (Å²) < 4.78 is 7.06. The van der Waals surface area contributed by atoms with Crippen molar-refractivity contribution in [3.8, 4) is 0 Å². The maximum Gasteiger partial charge on any atom is 0.407 e. The summed E-state index contributed by atoms with van der Waals surface area (Å²) in [6, 6.07) is 8.00. The van der Waals surface area contributed by atoms with Crippen LogP contribution in [-0.2, 0) is 17.7 Å². The molecule has 0 aliphatic heterocycles. The number of ether oxygens (including phenoxy) is 1. The molecule has 0 atom stereocenters. The number of hydrazine groups is 1. The molecule has 37 heavy (non-hydrogen) atoms. The summed E-state index contributed by atoms with van der Waals surface area (Å²) in [5, 5.41) is 12.7. The summed E-state index contributed by atoms with van der Waals surface area (Å²) in [6.45, 7) is 12.6. The molecule has 1 aromatic carbocycles. The van der Waals surface area contributed by atoms with E-state index < -0.39 is 11.7 Å². The van der Waals surface area contributed by atoms with E-state index in [1.165, 1.54) is 10.6 Å². The Morgan fingerprint density at radius 2 is 1.97 bits per heavy atom. The Bertz CT molecular complexity index is 1090. The van der Waals surface area contributed by atoms with Gasteiger partial charge in [0.25, 0.3) is 0 Å². The van der Waals surface area contributed by atoms with E-state index in [2.05, 4.69) is 48.2 Å². The molecular formula is C26H39BrN8O2. The van der Waals surface area contributed by atoms with Gasteiger partial charge in [0.2, 0.25) is 5.96 Å². The van der Waals surface area contributed by atoms with Crippen LogP contribution in [0.5, 0.6) is 0 Å². The number of guanidine groups is 1. The number of nitrogens with zero attached hydrogens (tertiary/aromatic N) is 5. The molecule has 2 rings (SSSR count). The number of rotatable bonds is 10. The molecule has 2 aromatic rings. The standard InChI is InChI=1S/C26H39BrN8O2/c1-19(2)23(35(28)22-11-9-20(10-12-22)13-14-27)33-24(29-6)32-21-17-31-34(18-21)16-8-7-15-30-25(36)37-26(3,4)5/h9-12,17-18H,1,7-8,13-16,28H2,2-6H3,(H,29,32)(H,30,36)/b33-23+. The van der Waals surface area contributed by atoms with Crippen molar-refractivity contribution in [2.45, 2.75) is 59.1 Å². The van der Waals surface area contributed by atoms with Gasteiger partial charge in [0.1, 0.15) is 5.60 Å². The first-order valence-electron chi connectivity index (χ1n) is 12.2. The van der Waals surface area contributed by atoms with Crippen LogP contribution < -0.4 is 21.5 Å². The number of amides is 1. The molecule has 1 aromatic heterocycles. The number of anilines is 2. The third-order valence-electron chi connectivity index (χ3n) is 5.00. The fourth-order valence-electron chi connectivity index (χ4n) is 3.23. The number of alkyl halides is 1. The Labute approximate surface area is 228 Å². The zero-order chi connectivity index (χ0) is 27.4. The van der Waals surface area contributed by atoms with E-state index in [9.17, 15) is 4.79 Å². The zero-order valence-corrected chi connectivity index (χ0v) is 24.0. The SMILES string of the molecule is C=C(C)/C(=N\C(=NC)Nc1cnn(CCCCNC(=O)OC(C)(C)C)c1)N(N)c1ccc(CCBr)cc1. The number of benzene rings is 1. The summed E-state index contributed by atoms with van der Waals surface area (Å²) in [5.74, 6) is 7.26. The molecule has 202 valence electrons. The van der Waals surface area contributed by atoms with Gasteiger partial charge in [-0.1, -0.05) is 34.6 Å². The van der Waals surface area contributed by atoms with Gasteiger partial charge < -0.3 is 15.4 Å². The first-order chi connectivity index (χ1) is 17.5. The molecule has 0 saturated heterocycles. The number of nitrogens with two attached hydrogens (primary N) is 1. The number of carbonyl (C=O) groups is 1. The van der Waals surface area contributed by atoms with Crippen LogP contribution in [0.25, 0.3) is 0 Å². The van der Waals surface area contributed by atoms with Crippen molar-refractivity contribution in [2.75, 3.05) is 29.2 Å². The molecule has 0 aliphatic carbocycles. The van der Waals surface area contributed by atoms with E-state index in [4.69, 9.17) is 10.6 Å². The van der Waals surface area contributed by atoms with Crippen molar-refractivity contribution in [3.05, 3.63) is 54.4 Å². The van der Waals surface area contributed by atoms with E-state index >= 15 is 0 Å². The summed E-state index contributed by atoms with van der Waals surface area (Å²) in [5.41, 5.74) is 2.96. The first kappa shape index (κ1) is 30.0. The van der Waals surface area contributed by atoms with E-state index in [1.54, 1.807) is 13.2 Å². The highest BCUT2D eigenvalue weighted by atomic mass is 79.9. The topological polar surface area (TPSA) is 122 Å². The molecule has 0 radical (unpaired) electrons. The molecule has 0 spiro atoms. The molecule has 4 N–H and O–H groups in total. The predicted octanol–water partition coefficient (Wildman–Crippen LogP) is 4.88. The fourth-order valence-corrected chi connectivity index (χ4v) is 3.68. The van der Waals surface area contributed by atoms with Crippen LogP contribution in [0.2, 0.25) is 0 Å². The average Bonchev–Trinajstić information content (AvgIpc) is 3.27. The van der Waals surface area contributed by atoms with Gasteiger partial charge in [0, 0.05) is 31.7 Å². The Balaban J connectivity index is 1.93. The molecular weight excluding hydrogens is 536 g/mol. The normalized spacial score (nSPS) is 12.3. The van der Waals surface area contributed by atoms with Crippen LogP contribution >= 0.6 is 15.9 Å². The number of hydrogen-bond donors (Lipinski definition) is 3. The highest BCUT2D eigenvalue weighted by molar-refractivity contribution is 9.09. The van der Waals surface area contributed by atoms with Crippen molar-refractivity contribution in [1.82, 2.24) is 15.1 Å². The van der Waals surface area contributed by atoms with Gasteiger partial charge in [-0.25, -0.2) is 10.6 Å². The Kier molecular flexibility index (Phi) is 11.8. The number of halogens is 1. The van der Waals surface area contributed by atoms with Gasteiger partial charge in [-0.05, 0) is 70.2 Å². The zero-order valence-electron chi connectivity index (χ0n) is 22.4. The van der Waals surface area contributed by atoms with Gasteiger partial charge in [0.05, 0.1) is 17.6 Å². The maximum absolute atomic E-state index is 11.7. The third-order valence-corrected chi connectivity index (χ3v) is 5.40. The Morgan fingerprint density at radius 3 is 2.57 bits per heavy atom. The quantitative estimate of drug-likeness (QED) is 0.0928. The lowest BCUT2D eigenvalue weighted by atomic mass is 10.1. The van der Waals surface area contributed by atoms with Crippen molar-refractivity contribution in [2.24, 2.45) is 15.8 Å². The Hall–Kier alpha value is -3.18. The lowest BCUT2D eigenvalue weighted by Gasteiger charge is -2.21. The summed E-state index contributed by atoms with van der Waals surface area (Å²) in [6.07, 6.45) is 5.79. The molecule has 10 nitrogen and oxygen atoms in total. The second-order valence-electron chi connectivity index (χ2n) is 9.49. The number of aromatic nitrogens is 2. The summed E-state index contributed by atoms with van der Waals surface area (Å²) >= 11 is 3.46. The lowest BCUT2D eigenvalue weighted by molar-refractivity contribution is 0.0527. The van der Waals surface area contributed by atoms with Crippen molar-refractivity contribution in [1.29, 1.82) is 0 Å². The summed E-state index contributed by atoms with van der Waals surface area (Å²) in [7, 11) is 1.65. The number of alkyl carbamates (subject to hydrolysis) is 1. The number of nitrogens with one attached hydrogen (secondary N) is 2. The van der Waals surface area contributed by atoms with Crippen molar-refractivity contribution in [3.63, 3.8) is 0 Å². The van der Waals surface area contributed by atoms with Crippen LogP contribution in [0.3, 0.4) is 0 Å². The van der Waals surface area contributed by atoms with Crippen molar-refractivity contribution >= 4 is 45.2 Å². The largest absolute Gasteiger partial charge is 0.444 e. The number of unbranched alkanes of at least 4 members (excludes halogenated alkanes) is 1. The number of hydrogen-bond acceptors (Lipinski definition) is 5. The molecule has 0 fully saturated rings. The van der Waals surface area contributed by atoms with Gasteiger partial charge in [0.15, 0.2) is 5.84 Å². The second kappa shape index (κ2) is 14.5. The molecule has 1 amide bonds. The molecule has 11 heteroatoms. The average molecular weight is 576 g/mol. The number of amidine groups is 1. The minimum atomic E-state index is -0.501. The van der Waals surface area contributed by atoms with Gasteiger partial charge >= 0.3 is 6.09 Å². The lowest BCUT2D eigenvalue weighted by Crippen LogP contribution is -2.39. The van der Waals surface area contributed by atoms with Crippen LogP contribution in [0.15, 0.2) is 58.8 Å². The second-order valence-corrected chi connectivity index (χ2v) is 10.3. The molecule has 0 aliphatic rings. The minimum Gasteiger partial charge on any atom is -0.444 e. The van der Waals surface area contributed by atoms with E-state index in [1.807, 2.05) is 62.8 Å². The van der Waals surface area contributed by atoms with Crippen LogP contribution in [0, 0.1) is 0 Å². The van der Waals surface area contributed by atoms with Crippen LogP contribution in [0.1, 0.15) is 46.1 Å². The molecule has 0 saturated carbocycles. The Morgan fingerprint density at radius 1 is 1.27 bits per heavy atom. The first-order valence-corrected chi connectivity index (χ1v) is 13.3. The highest BCUT2D eigenvalue weighted by Crippen LogP contribution is 2.16. The third kappa shape index (κ3) is 10.8. The molecule has 0 bridgehead atoms. The van der Waals surface area contributed by atoms with E-state index in [-0.39, 0.29) is 0 Å². The van der Waals surface area contributed by atoms with E-state index in [0.717, 1.165) is 36.0 Å². The predicted molar refractivity (Wildman–Crippen MR) is 156 cm³/mol. The smallest absolute Gasteiger partial charge is 0.407 e. The monoisotopic (exact) mass is 574 g/mol. The minimum absolute atomic E-state index is 0.380. The molecule has 1 heterocycles. The van der Waals surface area contributed by atoms with E-state index in [0.29, 0.717) is 30.5 Å². The number of aryl methyl sites for hydroxylation is 2. The number of aliphatic imine (C=N–C) groups is 2. The van der Waals surface area contributed by atoms with Gasteiger partial charge in [-0.2, -0.15) is 10.1 Å². The highest BCUT2D eigenvalue weighted by Gasteiger charge is 2.15. The fraction of sp³-hybridized carbons (Fsp3) is 0.462. The van der Waals surface area contributed by atoms with Crippen LogP contribution in [0.4, 0.5) is 16.2 Å².